The maximum atomic E-state index is 11.2. The highest BCUT2D eigenvalue weighted by Crippen LogP contribution is 2.26. The summed E-state index contributed by atoms with van der Waals surface area (Å²) in [6.07, 6.45) is 0. The Labute approximate surface area is 133 Å². The minimum Gasteiger partial charge on any atom is -0.495 e. The molecule has 21 heavy (non-hydrogen) atoms. The zero-order chi connectivity index (χ0) is 15.2. The van der Waals surface area contributed by atoms with Crippen molar-refractivity contribution >= 4 is 34.5 Å². The van der Waals surface area contributed by atoms with Gasteiger partial charge in [-0.2, -0.15) is 0 Å². The Hall–Kier alpha value is -1.56. The van der Waals surface area contributed by atoms with Gasteiger partial charge < -0.3 is 15.4 Å². The lowest BCUT2D eigenvalue weighted by Gasteiger charge is -2.11. The van der Waals surface area contributed by atoms with Crippen molar-refractivity contribution in [3.05, 3.63) is 45.1 Å². The number of rotatable bonds is 6. The van der Waals surface area contributed by atoms with Gasteiger partial charge in [0.05, 0.1) is 17.8 Å². The van der Waals surface area contributed by atoms with Crippen LogP contribution in [0, 0.1) is 0 Å². The molecule has 0 aliphatic heterocycles. The third kappa shape index (κ3) is 4.46. The molecular formula is C15H17ClN2O2S. The second-order valence-corrected chi connectivity index (χ2v) is 5.92. The summed E-state index contributed by atoms with van der Waals surface area (Å²) in [5.74, 6) is 0.527. The summed E-state index contributed by atoms with van der Waals surface area (Å²) in [5, 5.41) is 8.87. The number of carbonyl (C=O) groups is 1. The van der Waals surface area contributed by atoms with Crippen molar-refractivity contribution < 1.29 is 9.53 Å². The Morgan fingerprint density at radius 3 is 2.76 bits per heavy atom. The molecule has 2 aromatic rings. The van der Waals surface area contributed by atoms with Crippen molar-refractivity contribution in [1.29, 1.82) is 0 Å². The van der Waals surface area contributed by atoms with Gasteiger partial charge in [-0.25, -0.2) is 0 Å². The highest BCUT2D eigenvalue weighted by atomic mass is 35.5. The third-order valence-corrected chi connectivity index (χ3v) is 4.27. The molecule has 0 unspecified atom stereocenters. The lowest BCUT2D eigenvalue weighted by Crippen LogP contribution is -2.13. The van der Waals surface area contributed by atoms with Crippen molar-refractivity contribution in [3.63, 3.8) is 0 Å². The standard InChI is InChI=1S/C15H17ClN2O2S/c1-10(19)18-13-7-11(3-4-14(13)20-2)8-17-9-15-12(16)5-6-21-15/h3-7,17H,8-9H2,1-2H3,(H,18,19). The molecule has 0 saturated carbocycles. The largest absolute Gasteiger partial charge is 0.495 e. The molecular weight excluding hydrogens is 308 g/mol. The molecule has 1 amide bonds. The first kappa shape index (κ1) is 15.8. The molecule has 0 radical (unpaired) electrons. The van der Waals surface area contributed by atoms with E-state index in [1.807, 2.05) is 29.6 Å². The smallest absolute Gasteiger partial charge is 0.221 e. The highest BCUT2D eigenvalue weighted by molar-refractivity contribution is 7.10. The number of anilines is 1. The summed E-state index contributed by atoms with van der Waals surface area (Å²) in [6, 6.07) is 7.61. The molecule has 0 aliphatic rings. The van der Waals surface area contributed by atoms with E-state index in [9.17, 15) is 4.79 Å². The summed E-state index contributed by atoms with van der Waals surface area (Å²) in [5.41, 5.74) is 1.74. The summed E-state index contributed by atoms with van der Waals surface area (Å²) in [6.45, 7) is 2.88. The zero-order valence-corrected chi connectivity index (χ0v) is 13.5. The van der Waals surface area contributed by atoms with Crippen LogP contribution in [0.2, 0.25) is 5.02 Å². The number of methoxy groups -OCH3 is 1. The SMILES string of the molecule is COc1ccc(CNCc2sccc2Cl)cc1NC(C)=O. The molecule has 4 nitrogen and oxygen atoms in total. The van der Waals surface area contributed by atoms with Gasteiger partial charge in [-0.3, -0.25) is 4.79 Å². The molecule has 0 fully saturated rings. The fourth-order valence-corrected chi connectivity index (χ4v) is 3.00. The number of hydrogen-bond acceptors (Lipinski definition) is 4. The molecule has 0 atom stereocenters. The van der Waals surface area contributed by atoms with Crippen LogP contribution in [0.4, 0.5) is 5.69 Å². The quantitative estimate of drug-likeness (QED) is 0.852. The summed E-state index contributed by atoms with van der Waals surface area (Å²) in [4.78, 5) is 12.3. The number of thiophene rings is 1. The van der Waals surface area contributed by atoms with E-state index in [1.165, 1.54) is 6.92 Å². The van der Waals surface area contributed by atoms with Gasteiger partial charge in [0.2, 0.25) is 5.91 Å². The predicted octanol–water partition coefficient (Wildman–Crippen LogP) is 3.66. The fourth-order valence-electron chi connectivity index (χ4n) is 1.92. The van der Waals surface area contributed by atoms with E-state index in [1.54, 1.807) is 18.4 Å². The monoisotopic (exact) mass is 324 g/mol. The van der Waals surface area contributed by atoms with Gasteiger partial charge in [-0.1, -0.05) is 17.7 Å². The number of benzene rings is 1. The van der Waals surface area contributed by atoms with Crippen molar-refractivity contribution in [3.8, 4) is 5.75 Å². The number of halogens is 1. The first-order valence-corrected chi connectivity index (χ1v) is 7.73. The van der Waals surface area contributed by atoms with E-state index in [0.717, 1.165) is 22.0 Å². The molecule has 0 spiro atoms. The highest BCUT2D eigenvalue weighted by Gasteiger charge is 2.06. The van der Waals surface area contributed by atoms with E-state index >= 15 is 0 Å². The van der Waals surface area contributed by atoms with Crippen molar-refractivity contribution in [2.24, 2.45) is 0 Å². The van der Waals surface area contributed by atoms with Crippen LogP contribution in [0.15, 0.2) is 29.6 Å². The molecule has 0 aliphatic carbocycles. The van der Waals surface area contributed by atoms with Crippen LogP contribution in [0.5, 0.6) is 5.75 Å². The average molecular weight is 325 g/mol. The summed E-state index contributed by atoms with van der Waals surface area (Å²) >= 11 is 7.68. The normalized spacial score (nSPS) is 10.4. The van der Waals surface area contributed by atoms with Crippen LogP contribution in [-0.4, -0.2) is 13.0 Å². The van der Waals surface area contributed by atoms with Crippen molar-refractivity contribution in [1.82, 2.24) is 5.32 Å². The Morgan fingerprint density at radius 2 is 2.14 bits per heavy atom. The first-order valence-electron chi connectivity index (χ1n) is 6.47. The zero-order valence-electron chi connectivity index (χ0n) is 11.9. The van der Waals surface area contributed by atoms with Gasteiger partial charge in [0, 0.05) is 24.9 Å². The lowest BCUT2D eigenvalue weighted by molar-refractivity contribution is -0.114. The van der Waals surface area contributed by atoms with Gasteiger partial charge in [-0.05, 0) is 29.1 Å². The van der Waals surface area contributed by atoms with E-state index in [2.05, 4.69) is 10.6 Å². The fraction of sp³-hybridized carbons (Fsp3) is 0.267. The maximum Gasteiger partial charge on any atom is 0.221 e. The molecule has 2 rings (SSSR count). The van der Waals surface area contributed by atoms with Crippen LogP contribution in [-0.2, 0) is 17.9 Å². The van der Waals surface area contributed by atoms with Crippen molar-refractivity contribution in [2.75, 3.05) is 12.4 Å². The average Bonchev–Trinajstić information content (AvgIpc) is 2.84. The molecule has 1 aromatic carbocycles. The molecule has 1 heterocycles. The van der Waals surface area contributed by atoms with Gasteiger partial charge in [-0.15, -0.1) is 11.3 Å². The molecule has 0 saturated heterocycles. The molecule has 0 bridgehead atoms. The molecule has 6 heteroatoms. The first-order chi connectivity index (χ1) is 10.1. The number of ether oxygens (including phenoxy) is 1. The second-order valence-electron chi connectivity index (χ2n) is 4.51. The molecule has 2 N–H and O–H groups in total. The Morgan fingerprint density at radius 1 is 1.33 bits per heavy atom. The Bertz CT molecular complexity index is 628. The predicted molar refractivity (Wildman–Crippen MR) is 87.2 cm³/mol. The number of nitrogens with one attached hydrogen (secondary N) is 2. The van der Waals surface area contributed by atoms with Crippen LogP contribution in [0.3, 0.4) is 0 Å². The van der Waals surface area contributed by atoms with E-state index in [4.69, 9.17) is 16.3 Å². The van der Waals surface area contributed by atoms with Gasteiger partial charge in [0.15, 0.2) is 0 Å². The van der Waals surface area contributed by atoms with Gasteiger partial charge in [0.25, 0.3) is 0 Å². The van der Waals surface area contributed by atoms with Crippen LogP contribution >= 0.6 is 22.9 Å². The van der Waals surface area contributed by atoms with E-state index in [0.29, 0.717) is 18.0 Å². The van der Waals surface area contributed by atoms with Gasteiger partial charge >= 0.3 is 0 Å². The minimum atomic E-state index is -0.122. The topological polar surface area (TPSA) is 50.4 Å². The third-order valence-electron chi connectivity index (χ3n) is 2.88. The van der Waals surface area contributed by atoms with E-state index in [-0.39, 0.29) is 5.91 Å². The Balaban J connectivity index is 2.00. The maximum absolute atomic E-state index is 11.2. The Kier molecular flexibility index (Phi) is 5.61. The van der Waals surface area contributed by atoms with Crippen molar-refractivity contribution in [2.45, 2.75) is 20.0 Å². The van der Waals surface area contributed by atoms with Crippen LogP contribution in [0.1, 0.15) is 17.4 Å². The number of carbonyl (C=O) groups excluding carboxylic acids is 1. The number of amides is 1. The van der Waals surface area contributed by atoms with Gasteiger partial charge in [0.1, 0.15) is 5.75 Å². The minimum absolute atomic E-state index is 0.122. The molecule has 112 valence electrons. The van der Waals surface area contributed by atoms with Crippen LogP contribution < -0.4 is 15.4 Å². The second kappa shape index (κ2) is 7.45. The molecule has 1 aromatic heterocycles. The summed E-state index contributed by atoms with van der Waals surface area (Å²) in [7, 11) is 1.58. The summed E-state index contributed by atoms with van der Waals surface area (Å²) < 4.78 is 5.23. The lowest BCUT2D eigenvalue weighted by atomic mass is 10.2. The van der Waals surface area contributed by atoms with E-state index < -0.39 is 0 Å². The number of hydrogen-bond donors (Lipinski definition) is 2. The van der Waals surface area contributed by atoms with Crippen LogP contribution in [0.25, 0.3) is 0 Å².